The summed E-state index contributed by atoms with van der Waals surface area (Å²) < 4.78 is 0.630. The molecule has 1 rings (SSSR count). The Balaban J connectivity index is 2.64. The molecule has 0 aliphatic carbocycles. The third-order valence-corrected chi connectivity index (χ3v) is 1.48. The number of aromatic nitrogens is 1. The molecule has 1 aromatic rings. The van der Waals surface area contributed by atoms with E-state index in [-0.39, 0.29) is 24.2 Å². The van der Waals surface area contributed by atoms with Gasteiger partial charge in [-0.15, -0.1) is 4.73 Å². The van der Waals surface area contributed by atoms with Crippen molar-refractivity contribution in [2.24, 2.45) is 5.73 Å². The van der Waals surface area contributed by atoms with Crippen LogP contribution in [0.4, 0.5) is 0 Å². The molecule has 0 amide bonds. The molecule has 0 spiro atoms. The largest absolute Gasteiger partial charge is 0.492 e. The Morgan fingerprint density at radius 1 is 1.57 bits per heavy atom. The van der Waals surface area contributed by atoms with Crippen molar-refractivity contribution >= 4 is 5.97 Å². The number of nitrogens with two attached hydrogens (primary N) is 1. The van der Waals surface area contributed by atoms with Crippen LogP contribution in [0, 0.1) is 0 Å². The first kappa shape index (κ1) is 10.4. The molecule has 0 bridgehead atoms. The van der Waals surface area contributed by atoms with Crippen molar-refractivity contribution in [3.05, 3.63) is 12.1 Å². The molecular weight excluding hydrogens is 188 g/mol. The van der Waals surface area contributed by atoms with Crippen LogP contribution >= 0.6 is 0 Å². The van der Waals surface area contributed by atoms with Crippen LogP contribution in [0.2, 0.25) is 0 Å². The van der Waals surface area contributed by atoms with Gasteiger partial charge in [0.15, 0.2) is 0 Å². The smallest absolute Gasteiger partial charge is 0.334 e. The predicted molar refractivity (Wildman–Crippen MR) is 47.6 cm³/mol. The molecule has 0 saturated carbocycles. The molecule has 0 saturated heterocycles. The van der Waals surface area contributed by atoms with Gasteiger partial charge in [-0.3, -0.25) is 0 Å². The second-order valence-electron chi connectivity index (χ2n) is 2.99. The molecule has 0 aliphatic rings. The first-order valence-electron chi connectivity index (χ1n) is 4.07. The van der Waals surface area contributed by atoms with Gasteiger partial charge >= 0.3 is 5.97 Å². The zero-order valence-electron chi connectivity index (χ0n) is 7.67. The summed E-state index contributed by atoms with van der Waals surface area (Å²) in [5, 5.41) is 18.2. The minimum Gasteiger partial charge on any atom is -0.492 e. The Hall–Kier alpha value is -1.69. The molecule has 14 heavy (non-hydrogen) atoms. The van der Waals surface area contributed by atoms with Crippen LogP contribution in [0.1, 0.15) is 13.3 Å². The minimum atomic E-state index is -0.623. The third-order valence-electron chi connectivity index (χ3n) is 1.48. The van der Waals surface area contributed by atoms with Crippen LogP contribution < -0.4 is 10.6 Å². The standard InChI is InChI=1S/C8H12N2O4/c1-5(9)4-8(13)14-10-6(11)2-3-7(10)12/h2-3,5,11-12H,4,9H2,1H3. The van der Waals surface area contributed by atoms with Gasteiger partial charge in [0.25, 0.3) is 0 Å². The summed E-state index contributed by atoms with van der Waals surface area (Å²) in [5.41, 5.74) is 5.36. The second kappa shape index (κ2) is 4.01. The second-order valence-corrected chi connectivity index (χ2v) is 2.99. The highest BCUT2D eigenvalue weighted by atomic mass is 16.7. The van der Waals surface area contributed by atoms with Crippen LogP contribution in [0.25, 0.3) is 0 Å². The third kappa shape index (κ3) is 2.40. The molecule has 4 N–H and O–H groups in total. The summed E-state index contributed by atoms with van der Waals surface area (Å²) in [6, 6.07) is 2.07. The van der Waals surface area contributed by atoms with Gasteiger partial charge in [0.1, 0.15) is 0 Å². The zero-order chi connectivity index (χ0) is 10.7. The Morgan fingerprint density at radius 2 is 2.07 bits per heavy atom. The topological polar surface area (TPSA) is 97.7 Å². The Kier molecular flexibility index (Phi) is 2.98. The summed E-state index contributed by atoms with van der Waals surface area (Å²) in [6.45, 7) is 1.65. The molecule has 0 fully saturated rings. The van der Waals surface area contributed by atoms with Crippen molar-refractivity contribution in [2.45, 2.75) is 19.4 Å². The van der Waals surface area contributed by atoms with E-state index in [0.29, 0.717) is 4.73 Å². The van der Waals surface area contributed by atoms with Gasteiger partial charge in [-0.05, 0) is 6.92 Å². The SMILES string of the molecule is CC(N)CC(=O)On1c(O)ccc1O. The van der Waals surface area contributed by atoms with E-state index in [0.717, 1.165) is 0 Å². The fourth-order valence-electron chi connectivity index (χ4n) is 0.897. The summed E-state index contributed by atoms with van der Waals surface area (Å²) in [6.07, 6.45) is 0.0110. The predicted octanol–water partition coefficient (Wildman–Crippen LogP) is -0.408. The molecular formula is C8H12N2O4. The normalized spacial score (nSPS) is 12.4. The maximum Gasteiger partial charge on any atom is 0.334 e. The molecule has 6 nitrogen and oxygen atoms in total. The van der Waals surface area contributed by atoms with Gasteiger partial charge in [-0.2, -0.15) is 0 Å². The first-order chi connectivity index (χ1) is 6.50. The first-order valence-corrected chi connectivity index (χ1v) is 4.07. The summed E-state index contributed by atoms with van der Waals surface area (Å²) >= 11 is 0. The average molecular weight is 200 g/mol. The van der Waals surface area contributed by atoms with Gasteiger partial charge in [0, 0.05) is 18.2 Å². The lowest BCUT2D eigenvalue weighted by Gasteiger charge is -2.07. The van der Waals surface area contributed by atoms with Crippen LogP contribution in [-0.2, 0) is 4.79 Å². The van der Waals surface area contributed by atoms with Crippen LogP contribution in [-0.4, -0.2) is 27.0 Å². The van der Waals surface area contributed by atoms with Gasteiger partial charge < -0.3 is 20.8 Å². The van der Waals surface area contributed by atoms with Crippen molar-refractivity contribution in [2.75, 3.05) is 0 Å². The Bertz CT molecular complexity index is 313. The molecule has 6 heteroatoms. The summed E-state index contributed by atoms with van der Waals surface area (Å²) in [7, 11) is 0. The highest BCUT2D eigenvalue weighted by Crippen LogP contribution is 2.18. The van der Waals surface area contributed by atoms with Crippen LogP contribution in [0.15, 0.2) is 12.1 Å². The van der Waals surface area contributed by atoms with Gasteiger partial charge in [-0.25, -0.2) is 4.79 Å². The number of rotatable bonds is 3. The van der Waals surface area contributed by atoms with Crippen molar-refractivity contribution < 1.29 is 19.8 Å². The van der Waals surface area contributed by atoms with Crippen molar-refractivity contribution in [1.82, 2.24) is 4.73 Å². The van der Waals surface area contributed by atoms with E-state index >= 15 is 0 Å². The fourth-order valence-corrected chi connectivity index (χ4v) is 0.897. The lowest BCUT2D eigenvalue weighted by atomic mass is 10.3. The van der Waals surface area contributed by atoms with E-state index in [4.69, 9.17) is 15.9 Å². The van der Waals surface area contributed by atoms with Crippen molar-refractivity contribution in [3.63, 3.8) is 0 Å². The molecule has 0 aromatic carbocycles. The molecule has 0 aliphatic heterocycles. The number of aromatic hydroxyl groups is 2. The molecule has 78 valence electrons. The van der Waals surface area contributed by atoms with Gasteiger partial charge in [-0.1, -0.05) is 0 Å². The van der Waals surface area contributed by atoms with E-state index in [1.54, 1.807) is 6.92 Å². The highest BCUT2D eigenvalue weighted by Gasteiger charge is 2.13. The lowest BCUT2D eigenvalue weighted by molar-refractivity contribution is -0.145. The van der Waals surface area contributed by atoms with E-state index in [2.05, 4.69) is 4.84 Å². The zero-order valence-corrected chi connectivity index (χ0v) is 7.67. The van der Waals surface area contributed by atoms with Gasteiger partial charge in [0.2, 0.25) is 11.8 Å². The van der Waals surface area contributed by atoms with Crippen LogP contribution in [0.5, 0.6) is 11.8 Å². The molecule has 0 radical (unpaired) electrons. The lowest BCUT2D eigenvalue weighted by Crippen LogP contribution is -2.26. The maximum absolute atomic E-state index is 11.1. The van der Waals surface area contributed by atoms with Crippen molar-refractivity contribution in [1.29, 1.82) is 0 Å². The Morgan fingerprint density at radius 3 is 2.50 bits per heavy atom. The number of carbonyl (C=O) groups excluding carboxylic acids is 1. The maximum atomic E-state index is 11.1. The summed E-state index contributed by atoms with van der Waals surface area (Å²) in [5.74, 6) is -1.32. The molecule has 1 atom stereocenters. The highest BCUT2D eigenvalue weighted by molar-refractivity contribution is 5.70. The van der Waals surface area contributed by atoms with E-state index in [1.165, 1.54) is 12.1 Å². The van der Waals surface area contributed by atoms with E-state index in [9.17, 15) is 4.79 Å². The molecule has 1 aromatic heterocycles. The van der Waals surface area contributed by atoms with Crippen LogP contribution in [0.3, 0.4) is 0 Å². The number of hydrogen-bond donors (Lipinski definition) is 3. The van der Waals surface area contributed by atoms with E-state index < -0.39 is 5.97 Å². The minimum absolute atomic E-state index is 0.0110. The quantitative estimate of drug-likeness (QED) is 0.616. The average Bonchev–Trinajstić information content (AvgIpc) is 2.34. The number of hydrogen-bond acceptors (Lipinski definition) is 5. The number of nitrogens with zero attached hydrogens (tertiary/aromatic N) is 1. The Labute approximate surface area is 80.5 Å². The summed E-state index contributed by atoms with van der Waals surface area (Å²) in [4.78, 5) is 15.7. The number of carbonyl (C=O) groups is 1. The van der Waals surface area contributed by atoms with Crippen molar-refractivity contribution in [3.8, 4) is 11.8 Å². The molecule has 1 heterocycles. The van der Waals surface area contributed by atoms with E-state index in [1.807, 2.05) is 0 Å². The molecule has 1 unspecified atom stereocenters. The fraction of sp³-hybridized carbons (Fsp3) is 0.375. The monoisotopic (exact) mass is 200 g/mol. The van der Waals surface area contributed by atoms with Gasteiger partial charge in [0.05, 0.1) is 6.42 Å².